The van der Waals surface area contributed by atoms with Crippen molar-refractivity contribution in [1.29, 1.82) is 0 Å². The minimum atomic E-state index is -2.32. The summed E-state index contributed by atoms with van der Waals surface area (Å²) in [4.78, 5) is 0. The zero-order valence-corrected chi connectivity index (χ0v) is 18.7. The lowest BCUT2D eigenvalue weighted by Gasteiger charge is -2.37. The lowest BCUT2D eigenvalue weighted by atomic mass is 10.4. The predicted octanol–water partition coefficient (Wildman–Crippen LogP) is 5.15. The predicted molar refractivity (Wildman–Crippen MR) is 102 cm³/mol. The van der Waals surface area contributed by atoms with Crippen LogP contribution in [0.5, 0.6) is 0 Å². The van der Waals surface area contributed by atoms with Gasteiger partial charge in [0.2, 0.25) is 0 Å². The molecule has 0 aromatic rings. The average Bonchev–Trinajstić information content (AvgIpc) is 2.36. The Morgan fingerprint density at radius 1 is 0.696 bits per heavy atom. The highest BCUT2D eigenvalue weighted by Crippen LogP contribution is 2.27. The first-order valence-electron chi connectivity index (χ1n) is 9.30. The number of unbranched alkanes of at least 4 members (excludes halogenated alkanes) is 2. The highest BCUT2D eigenvalue weighted by molar-refractivity contribution is 6.85. The molecule has 4 nitrogen and oxygen atoms in total. The molecule has 0 radical (unpaired) electrons. The molecule has 0 unspecified atom stereocenters. The van der Waals surface area contributed by atoms with Crippen LogP contribution in [0.1, 0.15) is 67.2 Å². The fourth-order valence-electron chi connectivity index (χ4n) is 2.70. The van der Waals surface area contributed by atoms with Crippen molar-refractivity contribution in [3.05, 3.63) is 0 Å². The van der Waals surface area contributed by atoms with Crippen molar-refractivity contribution in [2.45, 2.75) is 98.2 Å². The smallest absolute Gasteiger partial charge is 0.337 e. The summed E-state index contributed by atoms with van der Waals surface area (Å²) in [6, 6.07) is 0. The maximum absolute atomic E-state index is 6.27. The highest BCUT2D eigenvalue weighted by Gasteiger charge is 2.46. The van der Waals surface area contributed by atoms with E-state index in [1.54, 1.807) is 0 Å². The van der Waals surface area contributed by atoms with E-state index in [0.29, 0.717) is 0 Å². The third-order valence-corrected chi connectivity index (χ3v) is 12.1. The number of hydrogen-bond acceptors (Lipinski definition) is 4. The van der Waals surface area contributed by atoms with Crippen molar-refractivity contribution in [3.63, 3.8) is 0 Å². The van der Waals surface area contributed by atoms with E-state index < -0.39 is 17.1 Å². The second-order valence-electron chi connectivity index (χ2n) is 7.18. The molecule has 0 rings (SSSR count). The number of hydrogen-bond donors (Lipinski definition) is 0. The van der Waals surface area contributed by atoms with Gasteiger partial charge < -0.3 is 17.7 Å². The van der Waals surface area contributed by atoms with Crippen LogP contribution in [0.25, 0.3) is 0 Å². The van der Waals surface area contributed by atoms with Crippen molar-refractivity contribution >= 4 is 17.1 Å². The molecule has 0 fully saturated rings. The quantitative estimate of drug-likeness (QED) is 0.315. The van der Waals surface area contributed by atoms with Gasteiger partial charge in [-0.1, -0.05) is 26.7 Å². The first-order valence-corrected chi connectivity index (χ1v) is 14.3. The van der Waals surface area contributed by atoms with Gasteiger partial charge in [0, 0.05) is 31.1 Å². The summed E-state index contributed by atoms with van der Waals surface area (Å²) in [7, 11) is -4.60. The molecule has 0 amide bonds. The fraction of sp³-hybridized carbons (Fsp3) is 1.00. The Balaban J connectivity index is 4.99. The maximum Gasteiger partial charge on any atom is 0.337 e. The Hall–Kier alpha value is 0.274. The first kappa shape index (κ1) is 23.3. The van der Waals surface area contributed by atoms with Crippen LogP contribution in [0.2, 0.25) is 18.8 Å². The van der Waals surface area contributed by atoms with E-state index in [2.05, 4.69) is 54.6 Å². The Labute approximate surface area is 146 Å². The van der Waals surface area contributed by atoms with E-state index in [0.717, 1.165) is 44.6 Å². The van der Waals surface area contributed by atoms with Gasteiger partial charge in [-0.3, -0.25) is 0 Å². The molecule has 0 spiro atoms. The molecular formula is C17H40O4Si2. The van der Waals surface area contributed by atoms with Crippen molar-refractivity contribution in [2.24, 2.45) is 0 Å². The average molecular weight is 365 g/mol. The molecule has 0 bridgehead atoms. The molecule has 0 saturated heterocycles. The molecule has 6 heteroatoms. The monoisotopic (exact) mass is 364 g/mol. The largest absolute Gasteiger partial charge is 0.394 e. The van der Waals surface area contributed by atoms with Crippen molar-refractivity contribution < 1.29 is 17.7 Å². The minimum absolute atomic E-state index is 0.162. The van der Waals surface area contributed by atoms with Gasteiger partial charge in [-0.05, 0) is 53.6 Å². The van der Waals surface area contributed by atoms with Gasteiger partial charge in [0.05, 0.1) is 0 Å². The molecule has 140 valence electrons. The van der Waals surface area contributed by atoms with Crippen LogP contribution in [0.3, 0.4) is 0 Å². The second kappa shape index (κ2) is 11.8. The molecule has 0 N–H and O–H groups in total. The fourth-order valence-corrected chi connectivity index (χ4v) is 12.1. The molecule has 0 aliphatic heterocycles. The Morgan fingerprint density at radius 2 is 1.09 bits per heavy atom. The van der Waals surface area contributed by atoms with E-state index in [4.69, 9.17) is 17.7 Å². The Bertz CT molecular complexity index is 278. The van der Waals surface area contributed by atoms with Gasteiger partial charge in [0.25, 0.3) is 0 Å². The van der Waals surface area contributed by atoms with Gasteiger partial charge in [0.1, 0.15) is 0 Å². The van der Waals surface area contributed by atoms with Gasteiger partial charge in [0.15, 0.2) is 0 Å². The molecular weight excluding hydrogens is 324 g/mol. The summed E-state index contributed by atoms with van der Waals surface area (Å²) >= 11 is 0. The summed E-state index contributed by atoms with van der Waals surface area (Å²) in [6.07, 6.45) is 4.75. The zero-order valence-electron chi connectivity index (χ0n) is 16.7. The minimum Gasteiger partial charge on any atom is -0.394 e. The van der Waals surface area contributed by atoms with Crippen molar-refractivity contribution in [2.75, 3.05) is 13.2 Å². The highest BCUT2D eigenvalue weighted by atomic mass is 28.4. The molecule has 0 aliphatic carbocycles. The summed E-state index contributed by atoms with van der Waals surface area (Å²) in [5.41, 5.74) is 0.823. The Kier molecular flexibility index (Phi) is 11.9. The van der Waals surface area contributed by atoms with Crippen LogP contribution < -0.4 is 0 Å². The standard InChI is InChI=1S/C17H40O4Si2/c1-9-11-13-18-22(7,19-14-12-10-2)15-23(8,20-16(3)4)21-17(5)6/h16-17H,9-15H2,1-8H3. The van der Waals surface area contributed by atoms with Gasteiger partial charge in [-0.2, -0.15) is 0 Å². The van der Waals surface area contributed by atoms with Gasteiger partial charge >= 0.3 is 17.1 Å². The third kappa shape index (κ3) is 11.5. The van der Waals surface area contributed by atoms with Crippen LogP contribution in [0.15, 0.2) is 0 Å². The Morgan fingerprint density at radius 3 is 1.39 bits per heavy atom. The van der Waals surface area contributed by atoms with Crippen LogP contribution >= 0.6 is 0 Å². The zero-order chi connectivity index (χ0) is 17.9. The van der Waals surface area contributed by atoms with Crippen LogP contribution in [-0.4, -0.2) is 42.5 Å². The van der Waals surface area contributed by atoms with Crippen molar-refractivity contribution in [1.82, 2.24) is 0 Å². The summed E-state index contributed by atoms with van der Waals surface area (Å²) in [5.74, 6) is 0. The van der Waals surface area contributed by atoms with Crippen LogP contribution in [0.4, 0.5) is 0 Å². The first-order chi connectivity index (χ1) is 10.7. The lowest BCUT2D eigenvalue weighted by molar-refractivity contribution is 0.106. The molecule has 0 aromatic heterocycles. The van der Waals surface area contributed by atoms with E-state index in [-0.39, 0.29) is 12.2 Å². The maximum atomic E-state index is 6.27. The van der Waals surface area contributed by atoms with Crippen molar-refractivity contribution in [3.8, 4) is 0 Å². The molecule has 0 atom stereocenters. The summed E-state index contributed by atoms with van der Waals surface area (Å²) in [5, 5.41) is 0. The normalized spacial score (nSPS) is 13.3. The molecule has 0 aliphatic rings. The SMILES string of the molecule is CCCCO[Si](C)(C[Si](C)(OC(C)C)OC(C)C)OCCCC. The summed E-state index contributed by atoms with van der Waals surface area (Å²) < 4.78 is 25.0. The summed E-state index contributed by atoms with van der Waals surface area (Å²) in [6.45, 7) is 18.5. The van der Waals surface area contributed by atoms with E-state index in [1.165, 1.54) is 0 Å². The molecule has 0 heterocycles. The van der Waals surface area contributed by atoms with Crippen LogP contribution in [0, 0.1) is 0 Å². The van der Waals surface area contributed by atoms with Crippen LogP contribution in [-0.2, 0) is 17.7 Å². The van der Waals surface area contributed by atoms with E-state index >= 15 is 0 Å². The van der Waals surface area contributed by atoms with E-state index in [1.807, 2.05) is 0 Å². The van der Waals surface area contributed by atoms with Gasteiger partial charge in [-0.15, -0.1) is 0 Å². The van der Waals surface area contributed by atoms with E-state index in [9.17, 15) is 0 Å². The molecule has 0 saturated carbocycles. The topological polar surface area (TPSA) is 36.9 Å². The van der Waals surface area contributed by atoms with Gasteiger partial charge in [-0.25, -0.2) is 0 Å². The second-order valence-corrected chi connectivity index (χ2v) is 14.2. The number of rotatable bonds is 14. The molecule has 23 heavy (non-hydrogen) atoms. The third-order valence-electron chi connectivity index (χ3n) is 3.42. The lowest BCUT2D eigenvalue weighted by Crippen LogP contribution is -2.53. The molecule has 0 aromatic carbocycles.